The van der Waals surface area contributed by atoms with E-state index in [9.17, 15) is 0 Å². The van der Waals surface area contributed by atoms with Crippen LogP contribution in [0.5, 0.6) is 5.75 Å². The number of hydrogen-bond acceptors (Lipinski definition) is 5. The number of hydrogen-bond donors (Lipinski definition) is 1. The molecule has 1 N–H and O–H groups in total. The summed E-state index contributed by atoms with van der Waals surface area (Å²) in [4.78, 5) is 2.32. The van der Waals surface area contributed by atoms with E-state index in [1.54, 1.807) is 12.1 Å². The van der Waals surface area contributed by atoms with Gasteiger partial charge in [-0.3, -0.25) is 4.90 Å². The fourth-order valence-corrected chi connectivity index (χ4v) is 2.41. The molecule has 0 amide bonds. The van der Waals surface area contributed by atoms with Gasteiger partial charge in [-0.1, -0.05) is 6.07 Å². The van der Waals surface area contributed by atoms with Crippen LogP contribution in [-0.4, -0.2) is 55.1 Å². The molecule has 2 atom stereocenters. The lowest BCUT2D eigenvalue weighted by molar-refractivity contribution is -0.0784. The highest BCUT2D eigenvalue weighted by Gasteiger charge is 2.24. The van der Waals surface area contributed by atoms with E-state index in [-0.39, 0.29) is 12.7 Å². The van der Waals surface area contributed by atoms with Crippen LogP contribution in [-0.2, 0) is 4.74 Å². The van der Waals surface area contributed by atoms with Gasteiger partial charge in [-0.2, -0.15) is 5.26 Å². The molecule has 5 heteroatoms. The second-order valence-corrected chi connectivity index (χ2v) is 5.32. The number of benzene rings is 1. The fourth-order valence-electron chi connectivity index (χ4n) is 2.41. The Morgan fingerprint density at radius 1 is 1.52 bits per heavy atom. The molecular weight excluding hydrogens is 268 g/mol. The first-order valence-electron chi connectivity index (χ1n) is 7.32. The van der Waals surface area contributed by atoms with Gasteiger partial charge in [0.05, 0.1) is 37.6 Å². The summed E-state index contributed by atoms with van der Waals surface area (Å²) >= 11 is 0. The molecule has 1 aliphatic rings. The van der Waals surface area contributed by atoms with Crippen molar-refractivity contribution in [3.8, 4) is 11.8 Å². The first kappa shape index (κ1) is 15.8. The molecule has 0 spiro atoms. The number of morpholine rings is 1. The smallest absolute Gasteiger partial charge is 0.120 e. The molecule has 1 fully saturated rings. The van der Waals surface area contributed by atoms with E-state index in [0.29, 0.717) is 24.8 Å². The summed E-state index contributed by atoms with van der Waals surface area (Å²) < 4.78 is 11.2. The van der Waals surface area contributed by atoms with E-state index in [2.05, 4.69) is 17.9 Å². The molecule has 0 aromatic heterocycles. The number of rotatable bonds is 6. The first-order chi connectivity index (χ1) is 10.2. The van der Waals surface area contributed by atoms with Crippen LogP contribution in [0.2, 0.25) is 0 Å². The highest BCUT2D eigenvalue weighted by Crippen LogP contribution is 2.14. The average molecular weight is 290 g/mol. The Balaban J connectivity index is 1.72. The zero-order chi connectivity index (χ0) is 15.1. The molecule has 1 heterocycles. The molecule has 5 nitrogen and oxygen atoms in total. The highest BCUT2D eigenvalue weighted by atomic mass is 16.5. The van der Waals surface area contributed by atoms with E-state index >= 15 is 0 Å². The second kappa shape index (κ2) is 7.99. The largest absolute Gasteiger partial charge is 0.494 e. The zero-order valence-corrected chi connectivity index (χ0v) is 12.4. The predicted molar refractivity (Wildman–Crippen MR) is 79.1 cm³/mol. The third-order valence-electron chi connectivity index (χ3n) is 3.66. The SMILES string of the molecule is CC1COC(CO)CN1CCCOc1cccc(C#N)c1. The number of nitrogens with zero attached hydrogens (tertiary/aromatic N) is 2. The van der Waals surface area contributed by atoms with Crippen molar-refractivity contribution >= 4 is 0 Å². The molecule has 2 rings (SSSR count). The quantitative estimate of drug-likeness (QED) is 0.802. The van der Waals surface area contributed by atoms with Crippen molar-refractivity contribution in [2.75, 3.05) is 32.9 Å². The number of nitriles is 1. The van der Waals surface area contributed by atoms with E-state index in [0.717, 1.165) is 25.3 Å². The lowest BCUT2D eigenvalue weighted by Gasteiger charge is -2.37. The van der Waals surface area contributed by atoms with E-state index in [1.165, 1.54) is 0 Å². The van der Waals surface area contributed by atoms with Crippen molar-refractivity contribution in [3.05, 3.63) is 29.8 Å². The van der Waals surface area contributed by atoms with Gasteiger partial charge >= 0.3 is 0 Å². The van der Waals surface area contributed by atoms with Gasteiger partial charge in [-0.25, -0.2) is 0 Å². The molecule has 1 aromatic rings. The maximum Gasteiger partial charge on any atom is 0.120 e. The third kappa shape index (κ3) is 4.71. The molecule has 1 saturated heterocycles. The van der Waals surface area contributed by atoms with Crippen molar-refractivity contribution in [1.29, 1.82) is 5.26 Å². The van der Waals surface area contributed by atoms with Crippen LogP contribution in [0.15, 0.2) is 24.3 Å². The minimum absolute atomic E-state index is 0.0701. The first-order valence-corrected chi connectivity index (χ1v) is 7.32. The molecule has 1 aliphatic heterocycles. The molecule has 0 aliphatic carbocycles. The number of aliphatic hydroxyl groups is 1. The van der Waals surface area contributed by atoms with Crippen LogP contribution in [0.4, 0.5) is 0 Å². The third-order valence-corrected chi connectivity index (χ3v) is 3.66. The van der Waals surface area contributed by atoms with Crippen molar-refractivity contribution in [3.63, 3.8) is 0 Å². The molecule has 114 valence electrons. The average Bonchev–Trinajstić information content (AvgIpc) is 2.53. The standard InChI is InChI=1S/C16H22N2O3/c1-13-12-21-16(11-19)10-18(13)6-3-7-20-15-5-2-4-14(8-15)9-17/h2,4-5,8,13,16,19H,3,6-7,10-12H2,1H3. The summed E-state index contributed by atoms with van der Waals surface area (Å²) in [6.45, 7) is 5.16. The van der Waals surface area contributed by atoms with Crippen molar-refractivity contribution in [2.45, 2.75) is 25.5 Å². The van der Waals surface area contributed by atoms with Crippen LogP contribution in [0.1, 0.15) is 18.9 Å². The summed E-state index contributed by atoms with van der Waals surface area (Å²) in [5.41, 5.74) is 0.611. The van der Waals surface area contributed by atoms with Gasteiger partial charge in [0.15, 0.2) is 0 Å². The maximum absolute atomic E-state index is 9.16. The van der Waals surface area contributed by atoms with Crippen LogP contribution in [0.25, 0.3) is 0 Å². The molecule has 21 heavy (non-hydrogen) atoms. The summed E-state index contributed by atoms with van der Waals surface area (Å²) in [6, 6.07) is 9.67. The van der Waals surface area contributed by atoms with Crippen molar-refractivity contribution in [2.24, 2.45) is 0 Å². The number of aliphatic hydroxyl groups excluding tert-OH is 1. The Bertz CT molecular complexity index is 487. The van der Waals surface area contributed by atoms with Crippen molar-refractivity contribution in [1.82, 2.24) is 4.90 Å². The summed E-state index contributed by atoms with van der Waals surface area (Å²) in [6.07, 6.45) is 0.827. The van der Waals surface area contributed by atoms with Gasteiger partial charge in [-0.05, 0) is 31.5 Å². The van der Waals surface area contributed by atoms with Crippen LogP contribution in [0, 0.1) is 11.3 Å². The molecule has 0 saturated carbocycles. The van der Waals surface area contributed by atoms with Gasteiger partial charge in [0.1, 0.15) is 5.75 Å². The molecule has 0 radical (unpaired) electrons. The van der Waals surface area contributed by atoms with Gasteiger partial charge in [-0.15, -0.1) is 0 Å². The van der Waals surface area contributed by atoms with Crippen LogP contribution >= 0.6 is 0 Å². The minimum atomic E-state index is -0.0746. The highest BCUT2D eigenvalue weighted by molar-refractivity contribution is 5.36. The van der Waals surface area contributed by atoms with E-state index in [1.807, 2.05) is 12.1 Å². The fraction of sp³-hybridized carbons (Fsp3) is 0.562. The van der Waals surface area contributed by atoms with Gasteiger partial charge in [0, 0.05) is 19.1 Å². The predicted octanol–water partition coefficient (Wildman–Crippen LogP) is 1.41. The molecule has 2 unspecified atom stereocenters. The molecule has 0 bridgehead atoms. The molecule has 1 aromatic carbocycles. The zero-order valence-electron chi connectivity index (χ0n) is 12.4. The van der Waals surface area contributed by atoms with E-state index in [4.69, 9.17) is 19.8 Å². The summed E-state index contributed by atoms with van der Waals surface area (Å²) in [5.74, 6) is 0.734. The monoisotopic (exact) mass is 290 g/mol. The molecular formula is C16H22N2O3. The van der Waals surface area contributed by atoms with Gasteiger partial charge in [0.25, 0.3) is 0 Å². The Morgan fingerprint density at radius 3 is 3.14 bits per heavy atom. The maximum atomic E-state index is 9.16. The minimum Gasteiger partial charge on any atom is -0.494 e. The van der Waals surface area contributed by atoms with Gasteiger partial charge in [0.2, 0.25) is 0 Å². The lowest BCUT2D eigenvalue weighted by atomic mass is 10.2. The summed E-state index contributed by atoms with van der Waals surface area (Å²) in [5, 5.41) is 18.0. The van der Waals surface area contributed by atoms with Crippen molar-refractivity contribution < 1.29 is 14.6 Å². The summed E-state index contributed by atoms with van der Waals surface area (Å²) in [7, 11) is 0. The number of ether oxygens (including phenoxy) is 2. The normalized spacial score (nSPS) is 22.7. The Hall–Kier alpha value is -1.61. The van der Waals surface area contributed by atoms with Crippen LogP contribution < -0.4 is 4.74 Å². The Morgan fingerprint density at radius 2 is 2.38 bits per heavy atom. The Labute approximate surface area is 125 Å². The van der Waals surface area contributed by atoms with E-state index < -0.39 is 0 Å². The second-order valence-electron chi connectivity index (χ2n) is 5.32. The Kier molecular flexibility index (Phi) is 6.00. The van der Waals surface area contributed by atoms with Gasteiger partial charge < -0.3 is 14.6 Å². The topological polar surface area (TPSA) is 65.7 Å². The lowest BCUT2D eigenvalue weighted by Crippen LogP contribution is -2.49. The van der Waals surface area contributed by atoms with Crippen LogP contribution in [0.3, 0.4) is 0 Å².